The lowest BCUT2D eigenvalue weighted by molar-refractivity contribution is 0.103. The van der Waals surface area contributed by atoms with Crippen LogP contribution in [-0.2, 0) is 20.2 Å². The van der Waals surface area contributed by atoms with E-state index in [2.05, 4.69) is 0 Å². The number of hydrogen-bond donors (Lipinski definition) is 1. The van der Waals surface area contributed by atoms with Gasteiger partial charge < -0.3 is 8.37 Å². The average Bonchev–Trinajstić information content (AvgIpc) is 2.65. The highest BCUT2D eigenvalue weighted by molar-refractivity contribution is 7.95. The van der Waals surface area contributed by atoms with Gasteiger partial charge in [-0.25, -0.2) is 0 Å². The summed E-state index contributed by atoms with van der Waals surface area (Å²) >= 11 is 0. The maximum Gasteiger partial charge on any atom is 0.343 e. The lowest BCUT2D eigenvalue weighted by Crippen LogP contribution is -2.30. The minimum Gasteiger partial charge on any atom is -0.388 e. The molecule has 1 atom stereocenters. The molecule has 0 saturated carbocycles. The van der Waals surface area contributed by atoms with Gasteiger partial charge in [-0.2, -0.15) is 12.6 Å². The van der Waals surface area contributed by atoms with Gasteiger partial charge in [0.05, 0.1) is 11.1 Å². The summed E-state index contributed by atoms with van der Waals surface area (Å²) in [6.07, 6.45) is 2.86. The molecule has 0 fully saturated rings. The van der Waals surface area contributed by atoms with E-state index in [9.17, 15) is 26.8 Å². The Kier molecular flexibility index (Phi) is 4.41. The number of fused-ring (bicyclic) bond motifs is 2. The summed E-state index contributed by atoms with van der Waals surface area (Å²) in [6, 6.07) is 11.8. The number of rotatable bonds is 2. The number of carbonyl (C=O) groups excluding carboxylic acids is 2. The number of ketones is 2. The Hall–Kier alpha value is -3.21. The first-order valence-corrected chi connectivity index (χ1v) is 11.0. The standard InChI is InChI=1S/C19H12O8S2/c20-18-12-6-1-3-8-14(12)26-28(22,23)16(18)10-5-11-17-19(21)13-7-2-4-9-15(13)27-29(17,24)25/h1-11H,(H,22,23)/b10-5?,17-11-. The van der Waals surface area contributed by atoms with E-state index in [4.69, 9.17) is 8.37 Å². The third kappa shape index (κ3) is 3.27. The predicted molar refractivity (Wildman–Crippen MR) is 105 cm³/mol. The number of carbonyl (C=O) groups is 2. The molecular formula is C19H12O8S2. The van der Waals surface area contributed by atoms with E-state index in [0.29, 0.717) is 0 Å². The molecule has 1 N–H and O–H groups in total. The molecule has 0 bridgehead atoms. The second-order valence-corrected chi connectivity index (χ2v) is 9.07. The molecule has 0 saturated heterocycles. The Balaban J connectivity index is 1.74. The summed E-state index contributed by atoms with van der Waals surface area (Å²) in [4.78, 5) is 23.8. The van der Waals surface area contributed by atoms with Crippen molar-refractivity contribution < 1.29 is 35.1 Å². The van der Waals surface area contributed by atoms with Gasteiger partial charge >= 0.3 is 10.1 Å². The Morgan fingerprint density at radius 2 is 1.34 bits per heavy atom. The van der Waals surface area contributed by atoms with Crippen molar-refractivity contribution in [1.82, 2.24) is 0 Å². The summed E-state index contributed by atoms with van der Waals surface area (Å²) in [5.74, 6) is -1.65. The average molecular weight is 432 g/mol. The third-order valence-electron chi connectivity index (χ3n) is 4.16. The minimum absolute atomic E-state index is 0.0319. The fourth-order valence-electron chi connectivity index (χ4n) is 2.82. The van der Waals surface area contributed by atoms with Crippen molar-refractivity contribution in [1.29, 1.82) is 0 Å². The lowest BCUT2D eigenvalue weighted by Gasteiger charge is -2.18. The van der Waals surface area contributed by atoms with Gasteiger partial charge in [0.25, 0.3) is 10.1 Å². The molecule has 2 aliphatic heterocycles. The highest BCUT2D eigenvalue weighted by atomic mass is 32.2. The van der Waals surface area contributed by atoms with Gasteiger partial charge in [0.2, 0.25) is 11.6 Å². The second-order valence-electron chi connectivity index (χ2n) is 6.00. The zero-order chi connectivity index (χ0) is 20.8. The van der Waals surface area contributed by atoms with Gasteiger partial charge in [-0.15, -0.1) is 0 Å². The molecule has 0 amide bonds. The van der Waals surface area contributed by atoms with Crippen LogP contribution in [0.2, 0.25) is 0 Å². The zero-order valence-electron chi connectivity index (χ0n) is 14.5. The molecule has 1 unspecified atom stereocenters. The monoisotopic (exact) mass is 432 g/mol. The number of hydrogen-bond acceptors (Lipinski definition) is 7. The van der Waals surface area contributed by atoms with Crippen LogP contribution in [0.5, 0.6) is 11.5 Å². The van der Waals surface area contributed by atoms with Crippen LogP contribution in [0.15, 0.2) is 71.7 Å². The van der Waals surface area contributed by atoms with Gasteiger partial charge in [-0.3, -0.25) is 14.1 Å². The van der Waals surface area contributed by atoms with E-state index >= 15 is 0 Å². The molecule has 2 aromatic rings. The largest absolute Gasteiger partial charge is 0.388 e. The molecule has 2 heterocycles. The molecule has 8 nitrogen and oxygen atoms in total. The van der Waals surface area contributed by atoms with Crippen LogP contribution in [0.25, 0.3) is 0 Å². The van der Waals surface area contributed by atoms with Gasteiger partial charge in [0, 0.05) is 0 Å². The van der Waals surface area contributed by atoms with Crippen LogP contribution < -0.4 is 8.37 Å². The van der Waals surface area contributed by atoms with Gasteiger partial charge in [0.15, 0.2) is 16.4 Å². The molecule has 0 aromatic heterocycles. The van der Waals surface area contributed by atoms with E-state index in [1.807, 2.05) is 0 Å². The molecule has 4 rings (SSSR count). The second kappa shape index (κ2) is 6.69. The molecule has 2 aromatic carbocycles. The quantitative estimate of drug-likeness (QED) is 0.435. The van der Waals surface area contributed by atoms with E-state index in [0.717, 1.165) is 18.2 Å². The van der Waals surface area contributed by atoms with E-state index in [-0.39, 0.29) is 22.6 Å². The molecule has 0 aliphatic carbocycles. The van der Waals surface area contributed by atoms with Crippen LogP contribution in [0, 0.1) is 0 Å². The van der Waals surface area contributed by atoms with E-state index in [1.165, 1.54) is 30.3 Å². The summed E-state index contributed by atoms with van der Waals surface area (Å²) in [5, 5.41) is 0. The molecule has 0 radical (unpaired) electrons. The van der Waals surface area contributed by atoms with Crippen molar-refractivity contribution in [3.8, 4) is 11.5 Å². The first-order chi connectivity index (χ1) is 13.7. The third-order valence-corrected chi connectivity index (χ3v) is 6.70. The maximum atomic E-state index is 12.5. The number of benzene rings is 2. The maximum absolute atomic E-state index is 12.5. The fourth-order valence-corrected chi connectivity index (χ4v) is 4.95. The Morgan fingerprint density at radius 1 is 0.793 bits per heavy atom. The highest BCUT2D eigenvalue weighted by Crippen LogP contribution is 2.31. The van der Waals surface area contributed by atoms with Crippen LogP contribution in [0.4, 0.5) is 0 Å². The Bertz CT molecular complexity index is 1360. The van der Waals surface area contributed by atoms with Crippen molar-refractivity contribution in [3.63, 3.8) is 0 Å². The van der Waals surface area contributed by atoms with E-state index in [1.54, 1.807) is 18.2 Å². The van der Waals surface area contributed by atoms with Crippen molar-refractivity contribution in [2.75, 3.05) is 0 Å². The molecule has 29 heavy (non-hydrogen) atoms. The molecule has 2 aliphatic rings. The van der Waals surface area contributed by atoms with Crippen molar-refractivity contribution in [2.45, 2.75) is 0 Å². The minimum atomic E-state index is -4.38. The molecule has 148 valence electrons. The highest BCUT2D eigenvalue weighted by Gasteiger charge is 2.35. The number of allylic oxidation sites excluding steroid dienone is 4. The van der Waals surface area contributed by atoms with E-state index < -0.39 is 41.5 Å². The van der Waals surface area contributed by atoms with Gasteiger partial charge in [0.1, 0.15) is 4.86 Å². The molecule has 10 heteroatoms. The fraction of sp³-hybridized carbons (Fsp3) is 0. The normalized spacial score (nSPS) is 24.0. The van der Waals surface area contributed by atoms with Crippen LogP contribution in [0.1, 0.15) is 20.7 Å². The Morgan fingerprint density at radius 3 is 2.00 bits per heavy atom. The summed E-state index contributed by atoms with van der Waals surface area (Å²) < 4.78 is 56.8. The summed E-state index contributed by atoms with van der Waals surface area (Å²) in [7, 11) is -8.52. The smallest absolute Gasteiger partial charge is 0.343 e. The van der Waals surface area contributed by atoms with Gasteiger partial charge in [-0.1, -0.05) is 30.3 Å². The van der Waals surface area contributed by atoms with Crippen LogP contribution in [-0.4, -0.2) is 33.6 Å². The number of Topliss-reactive ketones (excluding diaryl/α,β-unsaturated/α-hetero) is 2. The number of para-hydroxylation sites is 2. The molecule has 0 spiro atoms. The summed E-state index contributed by atoms with van der Waals surface area (Å²) in [6.45, 7) is 0. The lowest BCUT2D eigenvalue weighted by atomic mass is 10.1. The van der Waals surface area contributed by atoms with Gasteiger partial charge in [-0.05, 0) is 36.4 Å². The summed E-state index contributed by atoms with van der Waals surface area (Å²) in [5.41, 5.74) is 0.151. The van der Waals surface area contributed by atoms with Crippen molar-refractivity contribution in [3.05, 3.63) is 82.8 Å². The van der Waals surface area contributed by atoms with Crippen LogP contribution in [0.3, 0.4) is 0 Å². The van der Waals surface area contributed by atoms with Crippen molar-refractivity contribution >= 4 is 36.6 Å². The topological polar surface area (TPSA) is 124 Å². The molecular weight excluding hydrogens is 420 g/mol. The van der Waals surface area contributed by atoms with Crippen molar-refractivity contribution in [2.24, 2.45) is 0 Å². The SMILES string of the molecule is O=C1C(C=C/C=C2/C(=O)c3ccccc3OS2(=O)=O)=S(=O)(O)Oc2ccccc21. The first-order valence-electron chi connectivity index (χ1n) is 8.14. The van der Waals surface area contributed by atoms with Crippen LogP contribution >= 0.6 is 0 Å². The predicted octanol–water partition coefficient (Wildman–Crippen LogP) is 2.15. The Labute approximate surface area is 166 Å². The zero-order valence-corrected chi connectivity index (χ0v) is 16.1. The first kappa shape index (κ1) is 19.1.